The number of para-hydroxylation sites is 1. The van der Waals surface area contributed by atoms with Gasteiger partial charge in [0.2, 0.25) is 0 Å². The summed E-state index contributed by atoms with van der Waals surface area (Å²) in [6, 6.07) is 6.78. The Morgan fingerprint density at radius 2 is 1.92 bits per heavy atom. The van der Waals surface area contributed by atoms with Gasteiger partial charge in [0.25, 0.3) is 0 Å². The molecule has 3 aromatic rings. The predicted molar refractivity (Wildman–Crippen MR) is 85.9 cm³/mol. The summed E-state index contributed by atoms with van der Waals surface area (Å²) in [5.74, 6) is 0.936. The molecule has 4 rings (SSSR count). The molecule has 1 aliphatic carbocycles. The molecule has 26 heavy (non-hydrogen) atoms. The third-order valence-corrected chi connectivity index (χ3v) is 4.17. The lowest BCUT2D eigenvalue weighted by atomic mass is 10.1. The maximum absolute atomic E-state index is 13.4. The van der Waals surface area contributed by atoms with Crippen molar-refractivity contribution in [2.75, 3.05) is 0 Å². The molecular formula is C17H14F3N5O. The van der Waals surface area contributed by atoms with E-state index in [2.05, 4.69) is 15.1 Å². The summed E-state index contributed by atoms with van der Waals surface area (Å²) in [4.78, 5) is 19.9. The Morgan fingerprint density at radius 3 is 2.62 bits per heavy atom. The fourth-order valence-corrected chi connectivity index (χ4v) is 2.73. The van der Waals surface area contributed by atoms with Crippen LogP contribution in [0.1, 0.15) is 36.0 Å². The van der Waals surface area contributed by atoms with E-state index in [1.165, 1.54) is 39.8 Å². The second kappa shape index (κ2) is 6.08. The quantitative estimate of drug-likeness (QED) is 0.717. The number of benzene rings is 1. The number of alkyl halides is 3. The van der Waals surface area contributed by atoms with Crippen molar-refractivity contribution >= 4 is 0 Å². The molecular weight excluding hydrogens is 347 g/mol. The van der Waals surface area contributed by atoms with Crippen LogP contribution < -0.4 is 5.69 Å². The minimum Gasteiger partial charge on any atom is -0.292 e. The first-order chi connectivity index (χ1) is 12.4. The van der Waals surface area contributed by atoms with Gasteiger partial charge in [0.1, 0.15) is 0 Å². The summed E-state index contributed by atoms with van der Waals surface area (Å²) in [5.41, 5.74) is -1.41. The molecule has 0 unspecified atom stereocenters. The molecule has 0 bridgehead atoms. The highest BCUT2D eigenvalue weighted by Crippen LogP contribution is 2.39. The molecule has 0 spiro atoms. The number of rotatable bonds is 4. The number of halogens is 3. The molecule has 2 heterocycles. The Kier molecular flexibility index (Phi) is 3.86. The third kappa shape index (κ3) is 3.12. The Balaban J connectivity index is 1.84. The maximum Gasteiger partial charge on any atom is 0.418 e. The maximum atomic E-state index is 13.4. The molecule has 0 amide bonds. The molecule has 134 valence electrons. The van der Waals surface area contributed by atoms with Gasteiger partial charge in [0.05, 0.1) is 17.8 Å². The van der Waals surface area contributed by atoms with Crippen LogP contribution >= 0.6 is 0 Å². The SMILES string of the molecule is O=c1ncccn1Cc1nc(C2CC2)nn1-c1ccccc1C(F)(F)F. The lowest BCUT2D eigenvalue weighted by Gasteiger charge is -2.14. The Labute approximate surface area is 145 Å². The molecule has 1 fully saturated rings. The second-order valence-corrected chi connectivity index (χ2v) is 6.12. The summed E-state index contributed by atoms with van der Waals surface area (Å²) in [7, 11) is 0. The van der Waals surface area contributed by atoms with Gasteiger partial charge in [-0.1, -0.05) is 12.1 Å². The van der Waals surface area contributed by atoms with Crippen molar-refractivity contribution in [1.29, 1.82) is 0 Å². The molecule has 1 aromatic carbocycles. The zero-order valence-corrected chi connectivity index (χ0v) is 13.5. The van der Waals surface area contributed by atoms with Gasteiger partial charge in [-0.05, 0) is 31.0 Å². The Hall–Kier alpha value is -2.97. The molecule has 9 heteroatoms. The first kappa shape index (κ1) is 16.5. The van der Waals surface area contributed by atoms with E-state index in [-0.39, 0.29) is 24.0 Å². The molecule has 0 radical (unpaired) electrons. The minimum absolute atomic E-state index is 0.0153. The average Bonchev–Trinajstić information content (AvgIpc) is 3.37. The summed E-state index contributed by atoms with van der Waals surface area (Å²) in [6.45, 7) is -0.0153. The van der Waals surface area contributed by atoms with Crippen LogP contribution in [0.5, 0.6) is 0 Å². The smallest absolute Gasteiger partial charge is 0.292 e. The number of nitrogens with zero attached hydrogens (tertiary/aromatic N) is 5. The van der Waals surface area contributed by atoms with Gasteiger partial charge in [-0.3, -0.25) is 4.57 Å². The van der Waals surface area contributed by atoms with Crippen LogP contribution in [-0.2, 0) is 12.7 Å². The fourth-order valence-electron chi connectivity index (χ4n) is 2.73. The van der Waals surface area contributed by atoms with Crippen molar-refractivity contribution in [2.24, 2.45) is 0 Å². The standard InChI is InChI=1S/C17H14F3N5O/c18-17(19,20)12-4-1-2-5-13(12)25-14(22-15(23-25)11-6-7-11)10-24-9-3-8-21-16(24)26/h1-5,8-9,11H,6-7,10H2. The van der Waals surface area contributed by atoms with Crippen molar-refractivity contribution < 1.29 is 13.2 Å². The van der Waals surface area contributed by atoms with E-state index in [9.17, 15) is 18.0 Å². The Morgan fingerprint density at radius 1 is 1.15 bits per heavy atom. The molecule has 1 aliphatic rings. The minimum atomic E-state index is -4.52. The molecule has 0 aliphatic heterocycles. The summed E-state index contributed by atoms with van der Waals surface area (Å²) in [6.07, 6.45) is 0.179. The van der Waals surface area contributed by atoms with Gasteiger partial charge in [-0.2, -0.15) is 18.3 Å². The number of hydrogen-bond acceptors (Lipinski definition) is 4. The van der Waals surface area contributed by atoms with E-state index < -0.39 is 17.4 Å². The average molecular weight is 361 g/mol. The first-order valence-electron chi connectivity index (χ1n) is 8.07. The molecule has 0 atom stereocenters. The van der Waals surface area contributed by atoms with Crippen LogP contribution in [0, 0.1) is 0 Å². The van der Waals surface area contributed by atoms with Crippen LogP contribution in [0.3, 0.4) is 0 Å². The summed E-state index contributed by atoms with van der Waals surface area (Å²) in [5, 5.41) is 4.31. The lowest BCUT2D eigenvalue weighted by Crippen LogP contribution is -2.24. The highest BCUT2D eigenvalue weighted by Gasteiger charge is 2.35. The van der Waals surface area contributed by atoms with Gasteiger partial charge in [-0.25, -0.2) is 19.4 Å². The van der Waals surface area contributed by atoms with E-state index in [1.807, 2.05) is 0 Å². The predicted octanol–water partition coefficient (Wildman–Crippen LogP) is 2.77. The van der Waals surface area contributed by atoms with E-state index in [0.717, 1.165) is 18.9 Å². The van der Waals surface area contributed by atoms with Gasteiger partial charge < -0.3 is 0 Å². The third-order valence-electron chi connectivity index (χ3n) is 4.17. The van der Waals surface area contributed by atoms with E-state index in [0.29, 0.717) is 5.82 Å². The van der Waals surface area contributed by atoms with Gasteiger partial charge in [0, 0.05) is 18.3 Å². The normalized spacial score (nSPS) is 14.6. The molecule has 6 nitrogen and oxygen atoms in total. The summed E-state index contributed by atoms with van der Waals surface area (Å²) < 4.78 is 42.7. The summed E-state index contributed by atoms with van der Waals surface area (Å²) >= 11 is 0. The zero-order chi connectivity index (χ0) is 18.3. The van der Waals surface area contributed by atoms with Crippen LogP contribution in [-0.4, -0.2) is 24.3 Å². The Bertz CT molecular complexity index is 1000. The molecule has 2 aromatic heterocycles. The van der Waals surface area contributed by atoms with Crippen LogP contribution in [0.15, 0.2) is 47.5 Å². The fraction of sp³-hybridized carbons (Fsp3) is 0.294. The topological polar surface area (TPSA) is 65.6 Å². The molecule has 0 saturated heterocycles. The van der Waals surface area contributed by atoms with Gasteiger partial charge >= 0.3 is 11.9 Å². The molecule has 1 saturated carbocycles. The largest absolute Gasteiger partial charge is 0.418 e. The van der Waals surface area contributed by atoms with Crippen LogP contribution in [0.25, 0.3) is 5.69 Å². The van der Waals surface area contributed by atoms with Crippen molar-refractivity contribution in [2.45, 2.75) is 31.5 Å². The first-order valence-corrected chi connectivity index (χ1v) is 8.07. The van der Waals surface area contributed by atoms with Crippen LogP contribution in [0.2, 0.25) is 0 Å². The van der Waals surface area contributed by atoms with E-state index >= 15 is 0 Å². The zero-order valence-electron chi connectivity index (χ0n) is 13.5. The van der Waals surface area contributed by atoms with Crippen molar-refractivity contribution in [1.82, 2.24) is 24.3 Å². The van der Waals surface area contributed by atoms with Crippen molar-refractivity contribution in [3.63, 3.8) is 0 Å². The van der Waals surface area contributed by atoms with E-state index in [1.54, 1.807) is 6.07 Å². The lowest BCUT2D eigenvalue weighted by molar-refractivity contribution is -0.137. The van der Waals surface area contributed by atoms with E-state index in [4.69, 9.17) is 0 Å². The van der Waals surface area contributed by atoms with Crippen molar-refractivity contribution in [3.05, 3.63) is 70.4 Å². The monoisotopic (exact) mass is 361 g/mol. The highest BCUT2D eigenvalue weighted by molar-refractivity contribution is 5.43. The number of hydrogen-bond donors (Lipinski definition) is 0. The highest BCUT2D eigenvalue weighted by atomic mass is 19.4. The molecule has 0 N–H and O–H groups in total. The van der Waals surface area contributed by atoms with Gasteiger partial charge in [-0.15, -0.1) is 0 Å². The second-order valence-electron chi connectivity index (χ2n) is 6.12. The van der Waals surface area contributed by atoms with Crippen LogP contribution in [0.4, 0.5) is 13.2 Å². The number of aromatic nitrogens is 5. The van der Waals surface area contributed by atoms with Crippen molar-refractivity contribution in [3.8, 4) is 5.69 Å². The van der Waals surface area contributed by atoms with Gasteiger partial charge in [0.15, 0.2) is 11.6 Å².